The van der Waals surface area contributed by atoms with Crippen LogP contribution >= 0.6 is 0 Å². The van der Waals surface area contributed by atoms with Crippen molar-refractivity contribution in [1.82, 2.24) is 9.78 Å². The molecular weight excluding hydrogens is 390 g/mol. The fourth-order valence-electron chi connectivity index (χ4n) is 4.57. The van der Waals surface area contributed by atoms with Gasteiger partial charge in [0, 0.05) is 23.7 Å². The summed E-state index contributed by atoms with van der Waals surface area (Å²) in [6.07, 6.45) is 13.2. The summed E-state index contributed by atoms with van der Waals surface area (Å²) in [6, 6.07) is 8.87. The molecule has 2 nitrogen and oxygen atoms in total. The minimum Gasteiger partial charge on any atom is -0.269 e. The summed E-state index contributed by atoms with van der Waals surface area (Å²) in [5, 5.41) is 4.86. The van der Waals surface area contributed by atoms with Crippen LogP contribution in [0.3, 0.4) is 0 Å². The highest BCUT2D eigenvalue weighted by atomic mass is 19.1. The van der Waals surface area contributed by atoms with E-state index in [9.17, 15) is 8.78 Å². The normalized spacial score (nSPS) is 20.5. The lowest BCUT2D eigenvalue weighted by atomic mass is 9.91. The Morgan fingerprint density at radius 3 is 2.61 bits per heavy atom. The summed E-state index contributed by atoms with van der Waals surface area (Å²) in [7, 11) is 0. The first-order chi connectivity index (χ1) is 15.1. The molecule has 1 aliphatic carbocycles. The number of hydrogen-bond acceptors (Lipinski definition) is 1. The molecule has 1 fully saturated rings. The fraction of sp³-hybridized carbons (Fsp3) is 0.444. The summed E-state index contributed by atoms with van der Waals surface area (Å²) in [6.45, 7) is 4.73. The third-order valence-corrected chi connectivity index (χ3v) is 6.38. The second-order valence-electron chi connectivity index (χ2n) is 8.78. The molecule has 0 amide bonds. The number of hydrogen-bond donors (Lipinski definition) is 0. The Balaban J connectivity index is 1.69. The van der Waals surface area contributed by atoms with Crippen LogP contribution in [0, 0.1) is 11.7 Å². The van der Waals surface area contributed by atoms with E-state index in [4.69, 9.17) is 5.10 Å². The topological polar surface area (TPSA) is 17.8 Å². The molecular formula is C27H32F2N2. The minimum atomic E-state index is -0.217. The zero-order valence-electron chi connectivity index (χ0n) is 18.6. The molecule has 0 bridgehead atoms. The number of benzene rings is 1. The van der Waals surface area contributed by atoms with Gasteiger partial charge in [0.25, 0.3) is 0 Å². The number of halogens is 2. The quantitative estimate of drug-likeness (QED) is 0.422. The Morgan fingerprint density at radius 2 is 1.94 bits per heavy atom. The zero-order valence-corrected chi connectivity index (χ0v) is 18.6. The van der Waals surface area contributed by atoms with E-state index in [0.717, 1.165) is 49.9 Å². The van der Waals surface area contributed by atoms with E-state index in [-0.39, 0.29) is 11.6 Å². The first kappa shape index (κ1) is 21.7. The van der Waals surface area contributed by atoms with Gasteiger partial charge < -0.3 is 0 Å². The molecule has 4 heteroatoms. The second kappa shape index (κ2) is 9.76. The molecule has 0 N–H and O–H groups in total. The van der Waals surface area contributed by atoms with E-state index in [1.54, 1.807) is 6.92 Å². The van der Waals surface area contributed by atoms with Gasteiger partial charge in [0.05, 0.1) is 5.69 Å². The average Bonchev–Trinajstić information content (AvgIpc) is 3.56. The molecule has 1 unspecified atom stereocenters. The van der Waals surface area contributed by atoms with Gasteiger partial charge in [-0.2, -0.15) is 5.10 Å². The van der Waals surface area contributed by atoms with E-state index in [1.165, 1.54) is 42.3 Å². The van der Waals surface area contributed by atoms with Crippen molar-refractivity contribution in [1.29, 1.82) is 0 Å². The van der Waals surface area contributed by atoms with Crippen LogP contribution in [0.15, 0.2) is 60.0 Å². The highest BCUT2D eigenvalue weighted by molar-refractivity contribution is 5.77. The maximum Gasteiger partial charge on any atom is 0.128 e. The van der Waals surface area contributed by atoms with Crippen molar-refractivity contribution < 1.29 is 8.78 Å². The lowest BCUT2D eigenvalue weighted by Crippen LogP contribution is -2.08. The van der Waals surface area contributed by atoms with E-state index in [2.05, 4.69) is 23.7 Å². The molecule has 0 radical (unpaired) electrons. The summed E-state index contributed by atoms with van der Waals surface area (Å²) in [5.74, 6) is 0.440. The average molecular weight is 423 g/mol. The molecule has 0 saturated heterocycles. The largest absolute Gasteiger partial charge is 0.269 e. The predicted molar refractivity (Wildman–Crippen MR) is 123 cm³/mol. The summed E-state index contributed by atoms with van der Waals surface area (Å²) >= 11 is 0. The third-order valence-electron chi connectivity index (χ3n) is 6.38. The number of aromatic nitrogens is 2. The molecule has 1 saturated carbocycles. The van der Waals surface area contributed by atoms with E-state index in [0.29, 0.717) is 17.4 Å². The van der Waals surface area contributed by atoms with Crippen molar-refractivity contribution >= 4 is 5.57 Å². The van der Waals surface area contributed by atoms with Crippen LogP contribution in [-0.4, -0.2) is 9.78 Å². The Labute approximate surface area is 184 Å². The summed E-state index contributed by atoms with van der Waals surface area (Å²) in [4.78, 5) is 0. The number of aryl methyl sites for hydroxylation is 1. The summed E-state index contributed by atoms with van der Waals surface area (Å²) < 4.78 is 30.4. The van der Waals surface area contributed by atoms with Crippen molar-refractivity contribution in [3.05, 3.63) is 82.7 Å². The fourth-order valence-corrected chi connectivity index (χ4v) is 4.57. The lowest BCUT2D eigenvalue weighted by Gasteiger charge is -2.15. The van der Waals surface area contributed by atoms with Crippen molar-refractivity contribution in [2.75, 3.05) is 0 Å². The van der Waals surface area contributed by atoms with Crippen LogP contribution in [-0.2, 0) is 13.0 Å². The minimum absolute atomic E-state index is 0.208. The summed E-state index contributed by atoms with van der Waals surface area (Å²) in [5.41, 5.74) is 4.84. The van der Waals surface area contributed by atoms with Crippen LogP contribution in [0.25, 0.3) is 5.57 Å². The maximum absolute atomic E-state index is 15.0. The first-order valence-electron chi connectivity index (χ1n) is 11.7. The third kappa shape index (κ3) is 5.23. The molecule has 2 aliphatic rings. The van der Waals surface area contributed by atoms with E-state index < -0.39 is 0 Å². The van der Waals surface area contributed by atoms with Gasteiger partial charge >= 0.3 is 0 Å². The van der Waals surface area contributed by atoms with E-state index >= 15 is 0 Å². The van der Waals surface area contributed by atoms with Gasteiger partial charge in [-0.3, -0.25) is 4.68 Å². The van der Waals surface area contributed by atoms with Crippen LogP contribution in [0.1, 0.15) is 75.2 Å². The van der Waals surface area contributed by atoms with Crippen molar-refractivity contribution in [3.8, 4) is 0 Å². The highest BCUT2D eigenvalue weighted by Crippen LogP contribution is 2.40. The molecule has 164 valence electrons. The number of rotatable bonds is 7. The number of nitrogens with zero attached hydrogens (tertiary/aromatic N) is 2. The standard InChI is InChI=1S/C27H32F2N2/c1-3-7-21(20-11-12-20)17-24(25(29)4-2)26-18-27-22(8-5-6-15-31(27)30-26)16-19-9-13-23(28)14-10-19/h4,7,9-10,13-14,17-18,20,22H,3,5-6,8,11-12,15-16H2,1-2H3/b21-7-,24-17+,25-4+. The van der Waals surface area contributed by atoms with Crippen molar-refractivity contribution in [2.24, 2.45) is 5.92 Å². The molecule has 1 atom stereocenters. The Morgan fingerprint density at radius 1 is 1.16 bits per heavy atom. The predicted octanol–water partition coefficient (Wildman–Crippen LogP) is 7.54. The van der Waals surface area contributed by atoms with Gasteiger partial charge in [-0.1, -0.05) is 37.6 Å². The van der Waals surface area contributed by atoms with Gasteiger partial charge in [0.2, 0.25) is 0 Å². The molecule has 2 heterocycles. The Hall–Kier alpha value is -2.49. The molecule has 1 aromatic carbocycles. The number of fused-ring (bicyclic) bond motifs is 1. The smallest absolute Gasteiger partial charge is 0.128 e. The van der Waals surface area contributed by atoms with Gasteiger partial charge in [0.1, 0.15) is 11.6 Å². The van der Waals surface area contributed by atoms with Gasteiger partial charge in [-0.05, 0) is 86.8 Å². The molecule has 2 aromatic rings. The van der Waals surface area contributed by atoms with Crippen molar-refractivity contribution in [3.63, 3.8) is 0 Å². The lowest BCUT2D eigenvalue weighted by molar-refractivity contribution is 0.573. The zero-order chi connectivity index (χ0) is 21.8. The molecule has 31 heavy (non-hydrogen) atoms. The van der Waals surface area contributed by atoms with Crippen LogP contribution in [0.5, 0.6) is 0 Å². The Kier molecular flexibility index (Phi) is 6.84. The van der Waals surface area contributed by atoms with Crippen LogP contribution < -0.4 is 0 Å². The Bertz CT molecular complexity index is 991. The highest BCUT2D eigenvalue weighted by Gasteiger charge is 2.27. The number of allylic oxidation sites excluding steroid dienone is 6. The maximum atomic E-state index is 15.0. The molecule has 4 rings (SSSR count). The molecule has 1 aliphatic heterocycles. The first-order valence-corrected chi connectivity index (χ1v) is 11.7. The second-order valence-corrected chi connectivity index (χ2v) is 8.78. The van der Waals surface area contributed by atoms with Gasteiger partial charge in [-0.25, -0.2) is 8.78 Å². The van der Waals surface area contributed by atoms with Gasteiger partial charge in [-0.15, -0.1) is 0 Å². The van der Waals surface area contributed by atoms with Gasteiger partial charge in [0.15, 0.2) is 0 Å². The van der Waals surface area contributed by atoms with Crippen molar-refractivity contribution in [2.45, 2.75) is 71.3 Å². The van der Waals surface area contributed by atoms with Crippen LogP contribution in [0.2, 0.25) is 0 Å². The van der Waals surface area contributed by atoms with Crippen LogP contribution in [0.4, 0.5) is 8.78 Å². The van der Waals surface area contributed by atoms with E-state index in [1.807, 2.05) is 18.2 Å². The molecule has 0 spiro atoms. The SMILES string of the molecule is C\C=C(F)/C(=C\C(=C\CC)C1CC1)c1cc2n(n1)CCCCC2Cc1ccc(F)cc1. The molecule has 1 aromatic heterocycles. The monoisotopic (exact) mass is 422 g/mol.